The van der Waals surface area contributed by atoms with Gasteiger partial charge in [0.2, 0.25) is 0 Å². The van der Waals surface area contributed by atoms with Gasteiger partial charge in [-0.05, 0) is 83.9 Å². The molecule has 9 nitrogen and oxygen atoms in total. The SMILES string of the molecule is c1cc(COc2ccc(-c3cc(COCc4cc(-c5ccc(OCc6ccncc6)cc5)no4)on3)cc2)ccn1. The van der Waals surface area contributed by atoms with E-state index in [1.807, 2.05) is 84.9 Å². The minimum atomic E-state index is 0.250. The van der Waals surface area contributed by atoms with E-state index in [0.717, 1.165) is 45.1 Å². The Bertz CT molecular complexity index is 1530. The normalized spacial score (nSPS) is 10.9. The number of aromatic nitrogens is 4. The van der Waals surface area contributed by atoms with Crippen molar-refractivity contribution in [3.05, 3.63) is 132 Å². The van der Waals surface area contributed by atoms with Gasteiger partial charge >= 0.3 is 0 Å². The number of ether oxygens (including phenoxy) is 3. The molecular weight excluding hydrogens is 520 g/mol. The summed E-state index contributed by atoms with van der Waals surface area (Å²) in [4.78, 5) is 8.03. The first kappa shape index (κ1) is 26.0. The lowest BCUT2D eigenvalue weighted by Crippen LogP contribution is -1.95. The fraction of sp³-hybridized carbons (Fsp3) is 0.125. The average molecular weight is 547 g/mol. The van der Waals surface area contributed by atoms with Crippen LogP contribution in [0.15, 0.2) is 119 Å². The predicted molar refractivity (Wildman–Crippen MR) is 150 cm³/mol. The minimum Gasteiger partial charge on any atom is -0.489 e. The largest absolute Gasteiger partial charge is 0.489 e. The third kappa shape index (κ3) is 7.03. The topological polar surface area (TPSA) is 106 Å². The van der Waals surface area contributed by atoms with E-state index in [9.17, 15) is 0 Å². The van der Waals surface area contributed by atoms with E-state index in [0.29, 0.717) is 24.7 Å². The first-order valence-corrected chi connectivity index (χ1v) is 13.0. The summed E-state index contributed by atoms with van der Waals surface area (Å²) >= 11 is 0. The van der Waals surface area contributed by atoms with Crippen LogP contribution in [-0.2, 0) is 31.2 Å². The van der Waals surface area contributed by atoms with E-state index in [1.54, 1.807) is 24.8 Å². The van der Waals surface area contributed by atoms with Gasteiger partial charge in [-0.3, -0.25) is 9.97 Å². The second-order valence-corrected chi connectivity index (χ2v) is 9.19. The first-order valence-electron chi connectivity index (χ1n) is 13.0. The third-order valence-electron chi connectivity index (χ3n) is 6.22. The summed E-state index contributed by atoms with van der Waals surface area (Å²) in [6.45, 7) is 1.46. The summed E-state index contributed by atoms with van der Waals surface area (Å²) < 4.78 is 28.3. The Morgan fingerprint density at radius 1 is 0.488 bits per heavy atom. The van der Waals surface area contributed by atoms with Gasteiger partial charge < -0.3 is 23.3 Å². The fourth-order valence-electron chi connectivity index (χ4n) is 4.02. The standard InChI is InChI=1S/C32H26N4O5/c1-5-27(38-19-23-9-13-33-14-10-23)6-2-25(1)31-17-29(40-35-31)21-37-22-30-18-32(36-41-30)26-3-7-28(8-4-26)39-20-24-11-15-34-16-12-24/h1-18H,19-22H2. The molecule has 0 radical (unpaired) electrons. The van der Waals surface area contributed by atoms with E-state index in [1.165, 1.54) is 0 Å². The van der Waals surface area contributed by atoms with Gasteiger partial charge in [0.05, 0.1) is 0 Å². The zero-order valence-corrected chi connectivity index (χ0v) is 22.1. The fourth-order valence-corrected chi connectivity index (χ4v) is 4.02. The van der Waals surface area contributed by atoms with Crippen molar-refractivity contribution in [2.24, 2.45) is 0 Å². The Morgan fingerprint density at radius 2 is 0.902 bits per heavy atom. The van der Waals surface area contributed by atoms with Crippen molar-refractivity contribution in [2.45, 2.75) is 26.4 Å². The molecule has 4 aromatic heterocycles. The summed E-state index contributed by atoms with van der Waals surface area (Å²) in [7, 11) is 0. The van der Waals surface area contributed by atoms with Crippen LogP contribution in [0.25, 0.3) is 22.5 Å². The number of hydrogen-bond donors (Lipinski definition) is 0. The maximum atomic E-state index is 5.83. The number of nitrogens with zero attached hydrogens (tertiary/aromatic N) is 4. The highest BCUT2D eigenvalue weighted by molar-refractivity contribution is 5.60. The van der Waals surface area contributed by atoms with Crippen molar-refractivity contribution < 1.29 is 23.3 Å². The molecule has 6 aromatic rings. The Morgan fingerprint density at radius 3 is 1.32 bits per heavy atom. The smallest absolute Gasteiger partial charge is 0.163 e. The molecule has 0 saturated carbocycles. The molecule has 0 aliphatic carbocycles. The number of pyridine rings is 2. The van der Waals surface area contributed by atoms with Crippen LogP contribution in [0.4, 0.5) is 0 Å². The van der Waals surface area contributed by atoms with Gasteiger partial charge in [0.15, 0.2) is 11.5 Å². The maximum Gasteiger partial charge on any atom is 0.163 e. The Balaban J connectivity index is 0.965. The molecule has 41 heavy (non-hydrogen) atoms. The third-order valence-corrected chi connectivity index (χ3v) is 6.22. The zero-order valence-electron chi connectivity index (χ0n) is 22.1. The van der Waals surface area contributed by atoms with Crippen LogP contribution in [-0.4, -0.2) is 20.3 Å². The molecule has 0 atom stereocenters. The van der Waals surface area contributed by atoms with Gasteiger partial charge in [-0.25, -0.2) is 0 Å². The Labute approximate surface area is 236 Å². The second kappa shape index (κ2) is 12.7. The highest BCUT2D eigenvalue weighted by atomic mass is 16.5. The van der Waals surface area contributed by atoms with Crippen LogP contribution in [0.3, 0.4) is 0 Å². The van der Waals surface area contributed by atoms with Crippen molar-refractivity contribution in [3.8, 4) is 34.0 Å². The molecule has 0 fully saturated rings. The molecule has 0 bridgehead atoms. The van der Waals surface area contributed by atoms with Gasteiger partial charge in [0.25, 0.3) is 0 Å². The maximum absolute atomic E-state index is 5.83. The van der Waals surface area contributed by atoms with Crippen molar-refractivity contribution in [2.75, 3.05) is 0 Å². The lowest BCUT2D eigenvalue weighted by molar-refractivity contribution is 0.0727. The molecule has 0 saturated heterocycles. The summed E-state index contributed by atoms with van der Waals surface area (Å²) in [5.74, 6) is 2.77. The van der Waals surface area contributed by atoms with Crippen LogP contribution < -0.4 is 9.47 Å². The van der Waals surface area contributed by atoms with Crippen LogP contribution in [0.1, 0.15) is 22.6 Å². The first-order chi connectivity index (χ1) is 20.3. The molecule has 9 heteroatoms. The van der Waals surface area contributed by atoms with Crippen molar-refractivity contribution >= 4 is 0 Å². The molecule has 0 amide bonds. The molecule has 6 rings (SSSR count). The lowest BCUT2D eigenvalue weighted by Gasteiger charge is -2.06. The highest BCUT2D eigenvalue weighted by Crippen LogP contribution is 2.25. The van der Waals surface area contributed by atoms with Crippen LogP contribution in [0.2, 0.25) is 0 Å². The summed E-state index contributed by atoms with van der Waals surface area (Å²) in [5, 5.41) is 8.33. The Kier molecular flexibility index (Phi) is 8.05. The van der Waals surface area contributed by atoms with E-state index >= 15 is 0 Å². The monoisotopic (exact) mass is 546 g/mol. The van der Waals surface area contributed by atoms with E-state index in [4.69, 9.17) is 23.3 Å². The summed E-state index contributed by atoms with van der Waals surface area (Å²) in [5.41, 5.74) is 5.40. The zero-order chi connectivity index (χ0) is 27.7. The summed E-state index contributed by atoms with van der Waals surface area (Å²) in [6, 6.07) is 26.8. The van der Waals surface area contributed by atoms with Crippen molar-refractivity contribution in [3.63, 3.8) is 0 Å². The van der Waals surface area contributed by atoms with Crippen molar-refractivity contribution in [1.82, 2.24) is 20.3 Å². The second-order valence-electron chi connectivity index (χ2n) is 9.19. The van der Waals surface area contributed by atoms with E-state index in [2.05, 4.69) is 20.3 Å². The van der Waals surface area contributed by atoms with Gasteiger partial charge in [0, 0.05) is 48.0 Å². The van der Waals surface area contributed by atoms with Gasteiger partial charge in [-0.15, -0.1) is 0 Å². The molecule has 0 unspecified atom stereocenters. The predicted octanol–water partition coefficient (Wildman–Crippen LogP) is 6.66. The van der Waals surface area contributed by atoms with Gasteiger partial charge in [0.1, 0.15) is 49.3 Å². The molecule has 0 spiro atoms. The summed E-state index contributed by atoms with van der Waals surface area (Å²) in [6.07, 6.45) is 7.00. The van der Waals surface area contributed by atoms with Gasteiger partial charge in [-0.1, -0.05) is 10.3 Å². The van der Waals surface area contributed by atoms with Crippen LogP contribution in [0.5, 0.6) is 11.5 Å². The molecule has 4 heterocycles. The van der Waals surface area contributed by atoms with E-state index < -0.39 is 0 Å². The molecule has 0 aliphatic rings. The number of hydrogen-bond acceptors (Lipinski definition) is 9. The average Bonchev–Trinajstić information content (AvgIpc) is 3.71. The molecule has 0 aliphatic heterocycles. The highest BCUT2D eigenvalue weighted by Gasteiger charge is 2.10. The van der Waals surface area contributed by atoms with E-state index in [-0.39, 0.29) is 13.2 Å². The number of benzene rings is 2. The number of rotatable bonds is 12. The van der Waals surface area contributed by atoms with Crippen molar-refractivity contribution in [1.29, 1.82) is 0 Å². The minimum absolute atomic E-state index is 0.250. The molecular formula is C32H26N4O5. The molecule has 204 valence electrons. The quantitative estimate of drug-likeness (QED) is 0.167. The van der Waals surface area contributed by atoms with Crippen LogP contribution >= 0.6 is 0 Å². The lowest BCUT2D eigenvalue weighted by atomic mass is 10.1. The van der Waals surface area contributed by atoms with Gasteiger partial charge in [-0.2, -0.15) is 0 Å². The molecule has 0 N–H and O–H groups in total. The van der Waals surface area contributed by atoms with Crippen LogP contribution in [0, 0.1) is 0 Å². The Hall–Kier alpha value is -5.28. The molecule has 2 aromatic carbocycles.